The predicted octanol–water partition coefficient (Wildman–Crippen LogP) is 6.97. The second kappa shape index (κ2) is 8.04. The molecule has 0 saturated heterocycles. The first-order valence-electron chi connectivity index (χ1n) is 8.42. The molecule has 0 fully saturated rings. The van der Waals surface area contributed by atoms with Gasteiger partial charge in [0.25, 0.3) is 0 Å². The number of hydrogen-bond acceptors (Lipinski definition) is 3. The molecule has 0 saturated carbocycles. The highest BCUT2D eigenvalue weighted by Crippen LogP contribution is 2.32. The monoisotopic (exact) mass is 421 g/mol. The van der Waals surface area contributed by atoms with Crippen molar-refractivity contribution in [1.29, 1.82) is 5.26 Å². The average Bonchev–Trinajstić information content (AvgIpc) is 3.38. The van der Waals surface area contributed by atoms with Gasteiger partial charge < -0.3 is 0 Å². The molecule has 28 heavy (non-hydrogen) atoms. The van der Waals surface area contributed by atoms with E-state index in [-0.39, 0.29) is 0 Å². The predicted molar refractivity (Wildman–Crippen MR) is 117 cm³/mol. The van der Waals surface area contributed by atoms with Gasteiger partial charge in [-0.1, -0.05) is 53.5 Å². The standard InChI is InChI=1S/C22H13Cl2N3S/c23-19-9-8-15(12-20(19)24)16(13-25)11-17-14-27(18-5-2-1-3-6-18)26-22(17)21-7-4-10-28-21/h1-12,14H/b16-11+. The number of hydrogen-bond donors (Lipinski definition) is 0. The highest BCUT2D eigenvalue weighted by molar-refractivity contribution is 7.13. The number of para-hydroxylation sites is 1. The smallest absolute Gasteiger partial charge is 0.110 e. The maximum absolute atomic E-state index is 9.73. The van der Waals surface area contributed by atoms with Crippen LogP contribution in [0.25, 0.3) is 27.9 Å². The molecule has 136 valence electrons. The molecule has 0 unspecified atom stereocenters. The second-order valence-electron chi connectivity index (χ2n) is 5.99. The van der Waals surface area contributed by atoms with E-state index in [0.717, 1.165) is 21.8 Å². The molecule has 0 N–H and O–H groups in total. The van der Waals surface area contributed by atoms with Crippen LogP contribution >= 0.6 is 34.5 Å². The summed E-state index contributed by atoms with van der Waals surface area (Å²) in [7, 11) is 0. The van der Waals surface area contributed by atoms with E-state index in [1.54, 1.807) is 29.5 Å². The highest BCUT2D eigenvalue weighted by Gasteiger charge is 2.14. The summed E-state index contributed by atoms with van der Waals surface area (Å²) in [5.74, 6) is 0. The Hall–Kier alpha value is -2.84. The molecule has 0 atom stereocenters. The fraction of sp³-hybridized carbons (Fsp3) is 0. The number of nitrogens with zero attached hydrogens (tertiary/aromatic N) is 3. The van der Waals surface area contributed by atoms with Gasteiger partial charge in [-0.3, -0.25) is 0 Å². The van der Waals surface area contributed by atoms with Crippen LogP contribution in [0.1, 0.15) is 11.1 Å². The van der Waals surface area contributed by atoms with Crippen molar-refractivity contribution in [2.45, 2.75) is 0 Å². The summed E-state index contributed by atoms with van der Waals surface area (Å²) in [6.07, 6.45) is 3.76. The van der Waals surface area contributed by atoms with Crippen LogP contribution in [0.5, 0.6) is 0 Å². The molecule has 0 aliphatic heterocycles. The van der Waals surface area contributed by atoms with Crippen LogP contribution in [0.4, 0.5) is 0 Å². The Bertz CT molecular complexity index is 1190. The normalized spacial score (nSPS) is 11.4. The van der Waals surface area contributed by atoms with E-state index in [0.29, 0.717) is 21.2 Å². The van der Waals surface area contributed by atoms with Gasteiger partial charge in [0.2, 0.25) is 0 Å². The first kappa shape index (κ1) is 18.5. The molecule has 0 radical (unpaired) electrons. The maximum Gasteiger partial charge on any atom is 0.110 e. The van der Waals surface area contributed by atoms with Crippen molar-refractivity contribution in [2.75, 3.05) is 0 Å². The van der Waals surface area contributed by atoms with Crippen LogP contribution in [0.3, 0.4) is 0 Å². The molecular weight excluding hydrogens is 409 g/mol. The van der Waals surface area contributed by atoms with Crippen molar-refractivity contribution in [3.63, 3.8) is 0 Å². The van der Waals surface area contributed by atoms with Gasteiger partial charge in [0, 0.05) is 11.8 Å². The summed E-state index contributed by atoms with van der Waals surface area (Å²) >= 11 is 13.7. The molecule has 0 spiro atoms. The van der Waals surface area contributed by atoms with Crippen molar-refractivity contribution in [1.82, 2.24) is 9.78 Å². The summed E-state index contributed by atoms with van der Waals surface area (Å²) in [5, 5.41) is 17.4. The number of allylic oxidation sites excluding steroid dienone is 1. The largest absolute Gasteiger partial charge is 0.240 e. The van der Waals surface area contributed by atoms with E-state index < -0.39 is 0 Å². The third kappa shape index (κ3) is 3.74. The van der Waals surface area contributed by atoms with E-state index in [9.17, 15) is 5.26 Å². The Morgan fingerprint density at radius 2 is 1.86 bits per heavy atom. The third-order valence-electron chi connectivity index (χ3n) is 4.17. The molecule has 0 aliphatic rings. The number of benzene rings is 2. The minimum absolute atomic E-state index is 0.416. The molecule has 4 aromatic rings. The maximum atomic E-state index is 9.73. The minimum Gasteiger partial charge on any atom is -0.240 e. The molecule has 2 heterocycles. The summed E-state index contributed by atoms with van der Waals surface area (Å²) in [6, 6.07) is 21.3. The lowest BCUT2D eigenvalue weighted by molar-refractivity contribution is 0.885. The van der Waals surface area contributed by atoms with Crippen LogP contribution < -0.4 is 0 Å². The lowest BCUT2D eigenvalue weighted by atomic mass is 10.0. The van der Waals surface area contributed by atoms with Gasteiger partial charge in [-0.25, -0.2) is 4.68 Å². The van der Waals surface area contributed by atoms with Crippen LogP contribution in [0.15, 0.2) is 72.2 Å². The number of halogens is 2. The number of aromatic nitrogens is 2. The zero-order chi connectivity index (χ0) is 19.5. The molecule has 2 aromatic carbocycles. The number of thiophene rings is 1. The lowest BCUT2D eigenvalue weighted by Gasteiger charge is -2.02. The van der Waals surface area contributed by atoms with Crippen LogP contribution in [-0.4, -0.2) is 9.78 Å². The van der Waals surface area contributed by atoms with Crippen molar-refractivity contribution in [3.05, 3.63) is 93.4 Å². The zero-order valence-electron chi connectivity index (χ0n) is 14.5. The Morgan fingerprint density at radius 1 is 1.04 bits per heavy atom. The van der Waals surface area contributed by atoms with Gasteiger partial charge in [0.05, 0.1) is 32.3 Å². The molecule has 3 nitrogen and oxygen atoms in total. The van der Waals surface area contributed by atoms with E-state index >= 15 is 0 Å². The lowest BCUT2D eigenvalue weighted by Crippen LogP contribution is -1.93. The molecule has 4 rings (SSSR count). The summed E-state index contributed by atoms with van der Waals surface area (Å²) in [5.41, 5.74) is 3.83. The Kier molecular flexibility index (Phi) is 5.31. The van der Waals surface area contributed by atoms with Gasteiger partial charge in [-0.2, -0.15) is 10.4 Å². The molecular formula is C22H13Cl2N3S. The molecule has 0 bridgehead atoms. The summed E-state index contributed by atoms with van der Waals surface area (Å²) < 4.78 is 1.82. The fourth-order valence-electron chi connectivity index (χ4n) is 2.81. The third-order valence-corrected chi connectivity index (χ3v) is 5.78. The van der Waals surface area contributed by atoms with Gasteiger partial charge in [0.15, 0.2) is 0 Å². The van der Waals surface area contributed by atoms with Crippen LogP contribution in [0.2, 0.25) is 10.0 Å². The molecule has 6 heteroatoms. The van der Waals surface area contributed by atoms with Crippen molar-refractivity contribution in [2.24, 2.45) is 0 Å². The number of nitriles is 1. The van der Waals surface area contributed by atoms with E-state index in [1.165, 1.54) is 0 Å². The summed E-state index contributed by atoms with van der Waals surface area (Å²) in [6.45, 7) is 0. The topological polar surface area (TPSA) is 41.6 Å². The molecule has 2 aromatic heterocycles. The zero-order valence-corrected chi connectivity index (χ0v) is 16.8. The SMILES string of the molecule is N#C/C(=C\c1cn(-c2ccccc2)nc1-c1cccs1)c1ccc(Cl)c(Cl)c1. The van der Waals surface area contributed by atoms with Gasteiger partial charge in [0.1, 0.15) is 5.69 Å². The quantitative estimate of drug-likeness (QED) is 0.333. The summed E-state index contributed by atoms with van der Waals surface area (Å²) in [4.78, 5) is 1.03. The number of rotatable bonds is 4. The highest BCUT2D eigenvalue weighted by atomic mass is 35.5. The van der Waals surface area contributed by atoms with Gasteiger partial charge in [-0.05, 0) is 47.4 Å². The van der Waals surface area contributed by atoms with E-state index in [2.05, 4.69) is 6.07 Å². The van der Waals surface area contributed by atoms with Gasteiger partial charge >= 0.3 is 0 Å². The van der Waals surface area contributed by atoms with Crippen molar-refractivity contribution < 1.29 is 0 Å². The Morgan fingerprint density at radius 3 is 2.54 bits per heavy atom. The van der Waals surface area contributed by atoms with E-state index in [1.807, 2.05) is 64.8 Å². The van der Waals surface area contributed by atoms with Crippen molar-refractivity contribution >= 4 is 46.2 Å². The molecule has 0 amide bonds. The fourth-order valence-corrected chi connectivity index (χ4v) is 3.84. The van der Waals surface area contributed by atoms with Crippen molar-refractivity contribution in [3.8, 4) is 22.3 Å². The second-order valence-corrected chi connectivity index (χ2v) is 7.75. The minimum atomic E-state index is 0.416. The first-order valence-corrected chi connectivity index (χ1v) is 10.1. The average molecular weight is 422 g/mol. The Balaban J connectivity index is 1.85. The van der Waals surface area contributed by atoms with Crippen LogP contribution in [0, 0.1) is 11.3 Å². The Labute approximate surface area is 176 Å². The molecule has 0 aliphatic carbocycles. The van der Waals surface area contributed by atoms with Gasteiger partial charge in [-0.15, -0.1) is 11.3 Å². The van der Waals surface area contributed by atoms with Crippen LogP contribution in [-0.2, 0) is 0 Å². The first-order chi connectivity index (χ1) is 13.7. The van der Waals surface area contributed by atoms with E-state index in [4.69, 9.17) is 28.3 Å².